The predicted octanol–water partition coefficient (Wildman–Crippen LogP) is 2.98. The number of halogens is 1. The van der Waals surface area contributed by atoms with Crippen molar-refractivity contribution in [2.45, 2.75) is 56.3 Å². The van der Waals surface area contributed by atoms with Crippen LogP contribution in [0.1, 0.15) is 50.1 Å². The van der Waals surface area contributed by atoms with Crippen molar-refractivity contribution in [3.63, 3.8) is 0 Å². The van der Waals surface area contributed by atoms with Crippen LogP contribution in [0.3, 0.4) is 0 Å². The van der Waals surface area contributed by atoms with E-state index in [9.17, 15) is 23.5 Å². The SMILES string of the molecule is O=C1C(P(=O)(O)O)CCCC2CCCC(c3ccc(F)cc3)N12. The van der Waals surface area contributed by atoms with Crippen molar-refractivity contribution >= 4 is 13.5 Å². The van der Waals surface area contributed by atoms with Crippen LogP contribution in [0, 0.1) is 5.82 Å². The molecule has 2 saturated heterocycles. The summed E-state index contributed by atoms with van der Waals surface area (Å²) in [6.45, 7) is 0. The molecule has 0 saturated carbocycles. The standard InChI is InChI=1S/C16H21FNO4P/c17-12-9-7-11(8-10-12)14-5-1-3-13-4-2-6-15(23(20,21)22)16(19)18(13)14/h7-10,13-15H,1-6H2,(H2,20,21,22). The lowest BCUT2D eigenvalue weighted by atomic mass is 9.89. The fourth-order valence-electron chi connectivity index (χ4n) is 3.86. The smallest absolute Gasteiger partial charge is 0.332 e. The van der Waals surface area contributed by atoms with E-state index in [4.69, 9.17) is 0 Å². The lowest BCUT2D eigenvalue weighted by Crippen LogP contribution is -2.48. The zero-order chi connectivity index (χ0) is 16.6. The van der Waals surface area contributed by atoms with Crippen LogP contribution in [0.5, 0.6) is 0 Å². The molecule has 0 bridgehead atoms. The molecule has 1 amide bonds. The highest BCUT2D eigenvalue weighted by Crippen LogP contribution is 2.49. The molecule has 2 aliphatic rings. The van der Waals surface area contributed by atoms with Crippen LogP contribution in [-0.2, 0) is 9.36 Å². The molecule has 0 aliphatic carbocycles. The summed E-state index contributed by atoms with van der Waals surface area (Å²) in [5.41, 5.74) is -0.413. The third-order valence-electron chi connectivity index (χ3n) is 4.96. The minimum atomic E-state index is -4.47. The van der Waals surface area contributed by atoms with Gasteiger partial charge in [-0.15, -0.1) is 0 Å². The summed E-state index contributed by atoms with van der Waals surface area (Å²) in [4.78, 5) is 33.6. The number of rotatable bonds is 2. The summed E-state index contributed by atoms with van der Waals surface area (Å²) >= 11 is 0. The third kappa shape index (κ3) is 3.35. The van der Waals surface area contributed by atoms with Gasteiger partial charge in [-0.25, -0.2) is 4.39 Å². The van der Waals surface area contributed by atoms with Crippen LogP contribution >= 0.6 is 7.60 Å². The first-order valence-electron chi connectivity index (χ1n) is 8.01. The molecule has 2 aliphatic heterocycles. The van der Waals surface area contributed by atoms with Crippen LogP contribution in [0.4, 0.5) is 4.39 Å². The van der Waals surface area contributed by atoms with Crippen LogP contribution < -0.4 is 0 Å². The van der Waals surface area contributed by atoms with Gasteiger partial charge in [-0.2, -0.15) is 0 Å². The molecule has 0 spiro atoms. The first-order chi connectivity index (χ1) is 10.9. The highest BCUT2D eigenvalue weighted by Gasteiger charge is 2.45. The van der Waals surface area contributed by atoms with Gasteiger partial charge in [0.25, 0.3) is 0 Å². The zero-order valence-corrected chi connectivity index (χ0v) is 13.7. The van der Waals surface area contributed by atoms with Gasteiger partial charge in [0.1, 0.15) is 11.5 Å². The fraction of sp³-hybridized carbons (Fsp3) is 0.562. The summed E-state index contributed by atoms with van der Waals surface area (Å²) < 4.78 is 24.9. The minimum Gasteiger partial charge on any atom is -0.332 e. The average Bonchev–Trinajstić information content (AvgIpc) is 2.67. The summed E-state index contributed by atoms with van der Waals surface area (Å²) in [6.07, 6.45) is 4.18. The van der Waals surface area contributed by atoms with Gasteiger partial charge in [-0.05, 0) is 56.2 Å². The molecule has 1 aromatic carbocycles. The number of nitrogens with zero attached hydrogens (tertiary/aromatic N) is 1. The molecule has 126 valence electrons. The first kappa shape index (κ1) is 16.6. The molecule has 3 rings (SSSR count). The highest BCUT2D eigenvalue weighted by molar-refractivity contribution is 7.53. The van der Waals surface area contributed by atoms with Gasteiger partial charge >= 0.3 is 7.60 Å². The van der Waals surface area contributed by atoms with E-state index in [1.165, 1.54) is 12.1 Å². The van der Waals surface area contributed by atoms with E-state index in [1.54, 1.807) is 17.0 Å². The van der Waals surface area contributed by atoms with Crippen LogP contribution in [0.15, 0.2) is 24.3 Å². The van der Waals surface area contributed by atoms with Gasteiger partial charge in [-0.1, -0.05) is 12.1 Å². The Morgan fingerprint density at radius 3 is 2.26 bits per heavy atom. The zero-order valence-electron chi connectivity index (χ0n) is 12.8. The Kier molecular flexibility index (Phi) is 4.59. The monoisotopic (exact) mass is 341 g/mol. The molecular weight excluding hydrogens is 320 g/mol. The van der Waals surface area contributed by atoms with Crippen molar-refractivity contribution in [1.82, 2.24) is 4.90 Å². The molecule has 2 heterocycles. The Hall–Kier alpha value is -1.23. The molecule has 2 fully saturated rings. The summed E-state index contributed by atoms with van der Waals surface area (Å²) in [6, 6.07) is 5.83. The second-order valence-electron chi connectivity index (χ2n) is 6.43. The van der Waals surface area contributed by atoms with Crippen molar-refractivity contribution in [3.05, 3.63) is 35.6 Å². The number of amides is 1. The Labute approximate surface area is 134 Å². The van der Waals surface area contributed by atoms with Crippen molar-refractivity contribution < 1.29 is 23.5 Å². The molecule has 3 unspecified atom stereocenters. The molecular formula is C16H21FNO4P. The summed E-state index contributed by atoms with van der Waals surface area (Å²) in [5.74, 6) is -0.786. The van der Waals surface area contributed by atoms with E-state index in [0.29, 0.717) is 6.42 Å². The maximum Gasteiger partial charge on any atom is 0.337 e. The number of carbonyl (C=O) groups is 1. The Morgan fingerprint density at radius 1 is 1.04 bits per heavy atom. The van der Waals surface area contributed by atoms with E-state index >= 15 is 0 Å². The van der Waals surface area contributed by atoms with Gasteiger partial charge in [0.2, 0.25) is 5.91 Å². The van der Waals surface area contributed by atoms with E-state index in [1.807, 2.05) is 0 Å². The quantitative estimate of drug-likeness (QED) is 0.811. The third-order valence-corrected chi connectivity index (χ3v) is 6.25. The van der Waals surface area contributed by atoms with E-state index in [0.717, 1.165) is 31.2 Å². The molecule has 5 nitrogen and oxygen atoms in total. The van der Waals surface area contributed by atoms with Crippen molar-refractivity contribution in [2.24, 2.45) is 0 Å². The van der Waals surface area contributed by atoms with Gasteiger partial charge in [0, 0.05) is 6.04 Å². The van der Waals surface area contributed by atoms with E-state index in [-0.39, 0.29) is 24.3 Å². The number of hydrogen-bond acceptors (Lipinski definition) is 2. The van der Waals surface area contributed by atoms with Crippen molar-refractivity contribution in [3.8, 4) is 0 Å². The molecule has 2 N–H and O–H groups in total. The molecule has 7 heteroatoms. The number of benzene rings is 1. The number of piperidine rings is 1. The van der Waals surface area contributed by atoms with E-state index in [2.05, 4.69) is 0 Å². The van der Waals surface area contributed by atoms with E-state index < -0.39 is 19.2 Å². The topological polar surface area (TPSA) is 77.8 Å². The second kappa shape index (κ2) is 6.34. The Morgan fingerprint density at radius 2 is 1.65 bits per heavy atom. The predicted molar refractivity (Wildman–Crippen MR) is 83.3 cm³/mol. The average molecular weight is 341 g/mol. The highest BCUT2D eigenvalue weighted by atomic mass is 31.2. The lowest BCUT2D eigenvalue weighted by Gasteiger charge is -2.42. The number of fused-ring (bicyclic) bond motifs is 1. The maximum absolute atomic E-state index is 13.2. The summed E-state index contributed by atoms with van der Waals surface area (Å²) in [5, 5.41) is 0. The van der Waals surface area contributed by atoms with Gasteiger partial charge < -0.3 is 14.7 Å². The second-order valence-corrected chi connectivity index (χ2v) is 8.23. The molecule has 0 radical (unpaired) electrons. The van der Waals surface area contributed by atoms with Crippen LogP contribution in [0.2, 0.25) is 0 Å². The number of hydrogen-bond donors (Lipinski definition) is 2. The normalized spacial score (nSPS) is 29.1. The Bertz CT molecular complexity index is 629. The molecule has 0 aromatic heterocycles. The Balaban J connectivity index is 1.96. The minimum absolute atomic E-state index is 0.0165. The van der Waals surface area contributed by atoms with Gasteiger partial charge in [0.05, 0.1) is 6.04 Å². The maximum atomic E-state index is 13.2. The van der Waals surface area contributed by atoms with Crippen LogP contribution in [0.25, 0.3) is 0 Å². The van der Waals surface area contributed by atoms with Crippen molar-refractivity contribution in [1.29, 1.82) is 0 Å². The fourth-order valence-corrected chi connectivity index (χ4v) is 4.80. The number of carbonyl (C=O) groups excluding carboxylic acids is 1. The molecule has 1 aromatic rings. The molecule has 23 heavy (non-hydrogen) atoms. The largest absolute Gasteiger partial charge is 0.337 e. The van der Waals surface area contributed by atoms with Gasteiger partial charge in [-0.3, -0.25) is 9.36 Å². The first-order valence-corrected chi connectivity index (χ1v) is 9.69. The summed E-state index contributed by atoms with van der Waals surface area (Å²) in [7, 11) is -4.47. The van der Waals surface area contributed by atoms with Crippen LogP contribution in [-0.4, -0.2) is 32.3 Å². The molecule has 3 atom stereocenters. The lowest BCUT2D eigenvalue weighted by molar-refractivity contribution is -0.137. The van der Waals surface area contributed by atoms with Crippen molar-refractivity contribution in [2.75, 3.05) is 0 Å². The van der Waals surface area contributed by atoms with Gasteiger partial charge in [0.15, 0.2) is 0 Å².